The minimum Gasteiger partial charge on any atom is -0.495 e. The zero-order chi connectivity index (χ0) is 22.7. The van der Waals surface area contributed by atoms with E-state index in [1.54, 1.807) is 16.4 Å². The van der Waals surface area contributed by atoms with Crippen LogP contribution in [0.15, 0.2) is 23.1 Å². The number of ether oxygens (including phenoxy) is 2. The Morgan fingerprint density at radius 1 is 1.09 bits per heavy atom. The fraction of sp³-hybridized carbons (Fsp3) is 0.696. The number of benzene rings is 1. The highest BCUT2D eigenvalue weighted by Gasteiger charge is 2.34. The molecule has 0 aliphatic carbocycles. The second-order valence-electron chi connectivity index (χ2n) is 9.05. The molecule has 3 fully saturated rings. The van der Waals surface area contributed by atoms with Crippen LogP contribution in [0.25, 0.3) is 0 Å². The van der Waals surface area contributed by atoms with Crippen molar-refractivity contribution >= 4 is 15.9 Å². The fourth-order valence-corrected chi connectivity index (χ4v) is 6.84. The van der Waals surface area contributed by atoms with Crippen molar-refractivity contribution < 1.29 is 22.7 Å². The van der Waals surface area contributed by atoms with Gasteiger partial charge in [0.05, 0.1) is 13.2 Å². The first-order valence-corrected chi connectivity index (χ1v) is 13.2. The van der Waals surface area contributed by atoms with Crippen LogP contribution in [0.4, 0.5) is 0 Å². The van der Waals surface area contributed by atoms with E-state index in [1.165, 1.54) is 13.2 Å². The van der Waals surface area contributed by atoms with Crippen molar-refractivity contribution in [2.75, 3.05) is 53.0 Å². The molecule has 8 nitrogen and oxygen atoms in total. The van der Waals surface area contributed by atoms with Gasteiger partial charge in [-0.05, 0) is 50.8 Å². The van der Waals surface area contributed by atoms with Gasteiger partial charge in [-0.3, -0.25) is 9.69 Å². The molecule has 0 aromatic heterocycles. The van der Waals surface area contributed by atoms with Gasteiger partial charge >= 0.3 is 0 Å². The van der Waals surface area contributed by atoms with Gasteiger partial charge in [0.25, 0.3) is 5.91 Å². The number of piperazine rings is 1. The van der Waals surface area contributed by atoms with Gasteiger partial charge in [0, 0.05) is 57.5 Å². The minimum absolute atomic E-state index is 0.0604. The largest absolute Gasteiger partial charge is 0.495 e. The number of nitrogens with zero attached hydrogens (tertiary/aromatic N) is 3. The Labute approximate surface area is 191 Å². The number of amides is 1. The molecule has 2 atom stereocenters. The van der Waals surface area contributed by atoms with E-state index >= 15 is 0 Å². The van der Waals surface area contributed by atoms with Gasteiger partial charge < -0.3 is 14.4 Å². The lowest BCUT2D eigenvalue weighted by atomic mass is 10.1. The van der Waals surface area contributed by atoms with Gasteiger partial charge in [0.15, 0.2) is 0 Å². The summed E-state index contributed by atoms with van der Waals surface area (Å²) < 4.78 is 39.5. The summed E-state index contributed by atoms with van der Waals surface area (Å²) in [5, 5.41) is 0. The summed E-state index contributed by atoms with van der Waals surface area (Å²) in [4.78, 5) is 17.4. The van der Waals surface area contributed by atoms with Crippen LogP contribution in [0.1, 0.15) is 49.4 Å². The van der Waals surface area contributed by atoms with Crippen LogP contribution in [0.3, 0.4) is 0 Å². The van der Waals surface area contributed by atoms with E-state index in [-0.39, 0.29) is 22.6 Å². The van der Waals surface area contributed by atoms with Crippen molar-refractivity contribution in [1.82, 2.24) is 14.1 Å². The van der Waals surface area contributed by atoms with Gasteiger partial charge in [0.2, 0.25) is 10.0 Å². The summed E-state index contributed by atoms with van der Waals surface area (Å²) in [5.74, 6) is 0.147. The quantitative estimate of drug-likeness (QED) is 0.641. The van der Waals surface area contributed by atoms with Crippen molar-refractivity contribution in [3.8, 4) is 5.75 Å². The normalized spacial score (nSPS) is 25.8. The molecule has 0 bridgehead atoms. The molecule has 178 valence electrons. The lowest BCUT2D eigenvalue weighted by molar-refractivity contribution is 0.0432. The van der Waals surface area contributed by atoms with Gasteiger partial charge in [-0.25, -0.2) is 8.42 Å². The number of methoxy groups -OCH3 is 1. The van der Waals surface area contributed by atoms with E-state index in [1.807, 2.05) is 11.8 Å². The Morgan fingerprint density at radius 3 is 2.53 bits per heavy atom. The van der Waals surface area contributed by atoms with Gasteiger partial charge in [-0.15, -0.1) is 0 Å². The summed E-state index contributed by atoms with van der Waals surface area (Å²) in [6, 6.07) is 4.70. The number of carbonyl (C=O) groups excluding carboxylic acids is 1. The third-order valence-electron chi connectivity index (χ3n) is 6.88. The molecule has 1 aromatic carbocycles. The van der Waals surface area contributed by atoms with Crippen molar-refractivity contribution in [3.05, 3.63) is 23.8 Å². The van der Waals surface area contributed by atoms with Crippen molar-refractivity contribution in [2.24, 2.45) is 0 Å². The van der Waals surface area contributed by atoms with E-state index in [9.17, 15) is 13.2 Å². The Bertz CT molecular complexity index is 908. The first kappa shape index (κ1) is 23.5. The molecule has 4 rings (SSSR count). The standard InChI is InChI=1S/C23H35N3O5S/c1-18-6-3-4-10-26(18)32(28,29)22-16-19(8-9-21(22)30-2)23(27)25-13-11-24(12-14-25)17-20-7-5-15-31-20/h8-9,16,18,20H,3-7,10-15,17H2,1-2H3. The zero-order valence-electron chi connectivity index (χ0n) is 19.2. The molecule has 9 heteroatoms. The van der Waals surface area contributed by atoms with E-state index in [4.69, 9.17) is 9.47 Å². The molecule has 32 heavy (non-hydrogen) atoms. The fourth-order valence-electron chi connectivity index (χ4n) is 4.96. The van der Waals surface area contributed by atoms with E-state index in [2.05, 4.69) is 4.90 Å². The van der Waals surface area contributed by atoms with Crippen LogP contribution in [0.5, 0.6) is 5.75 Å². The van der Waals surface area contributed by atoms with Crippen LogP contribution in [0.2, 0.25) is 0 Å². The van der Waals surface area contributed by atoms with Crippen LogP contribution < -0.4 is 4.74 Å². The molecular formula is C23H35N3O5S. The Hall–Kier alpha value is -1.68. The number of hydrogen-bond acceptors (Lipinski definition) is 6. The third kappa shape index (κ3) is 4.95. The van der Waals surface area contributed by atoms with E-state index in [0.717, 1.165) is 58.3 Å². The van der Waals surface area contributed by atoms with Crippen LogP contribution in [-0.4, -0.2) is 93.6 Å². The molecule has 0 saturated carbocycles. The smallest absolute Gasteiger partial charge is 0.253 e. The highest BCUT2D eigenvalue weighted by molar-refractivity contribution is 7.89. The lowest BCUT2D eigenvalue weighted by Crippen LogP contribution is -2.50. The van der Waals surface area contributed by atoms with Crippen molar-refractivity contribution in [2.45, 2.75) is 56.1 Å². The SMILES string of the molecule is COc1ccc(C(=O)N2CCN(CC3CCCO3)CC2)cc1S(=O)(=O)N1CCCCC1C. The molecule has 3 aliphatic heterocycles. The Balaban J connectivity index is 1.47. The molecule has 3 heterocycles. The molecule has 1 amide bonds. The van der Waals surface area contributed by atoms with Crippen molar-refractivity contribution in [1.29, 1.82) is 0 Å². The predicted molar refractivity (Wildman–Crippen MR) is 122 cm³/mol. The van der Waals surface area contributed by atoms with Gasteiger partial charge in [0.1, 0.15) is 10.6 Å². The van der Waals surface area contributed by atoms with Crippen LogP contribution in [0, 0.1) is 0 Å². The molecule has 0 spiro atoms. The van der Waals surface area contributed by atoms with Gasteiger partial charge in [-0.2, -0.15) is 4.31 Å². The lowest BCUT2D eigenvalue weighted by Gasteiger charge is -2.36. The topological polar surface area (TPSA) is 79.4 Å². The first-order valence-electron chi connectivity index (χ1n) is 11.7. The van der Waals surface area contributed by atoms with Crippen molar-refractivity contribution in [3.63, 3.8) is 0 Å². The number of carbonyl (C=O) groups is 1. The maximum Gasteiger partial charge on any atom is 0.253 e. The summed E-state index contributed by atoms with van der Waals surface area (Å²) in [6.07, 6.45) is 5.27. The molecule has 2 unspecified atom stereocenters. The number of piperidine rings is 1. The summed E-state index contributed by atoms with van der Waals surface area (Å²) >= 11 is 0. The highest BCUT2D eigenvalue weighted by atomic mass is 32.2. The maximum atomic E-state index is 13.4. The second-order valence-corrected chi connectivity index (χ2v) is 10.9. The second kappa shape index (κ2) is 10.1. The minimum atomic E-state index is -3.75. The average Bonchev–Trinajstić information content (AvgIpc) is 3.32. The van der Waals surface area contributed by atoms with E-state index < -0.39 is 10.0 Å². The van der Waals surface area contributed by atoms with Crippen LogP contribution >= 0.6 is 0 Å². The third-order valence-corrected chi connectivity index (χ3v) is 8.92. The van der Waals surface area contributed by atoms with E-state index in [0.29, 0.717) is 31.3 Å². The predicted octanol–water partition coefficient (Wildman–Crippen LogP) is 2.20. The van der Waals surface area contributed by atoms with Gasteiger partial charge in [-0.1, -0.05) is 6.42 Å². The number of sulfonamides is 1. The Kier molecular flexibility index (Phi) is 7.39. The molecule has 3 saturated heterocycles. The molecular weight excluding hydrogens is 430 g/mol. The monoisotopic (exact) mass is 465 g/mol. The number of rotatable bonds is 6. The molecule has 1 aromatic rings. The van der Waals surface area contributed by atoms with Crippen LogP contribution in [-0.2, 0) is 14.8 Å². The average molecular weight is 466 g/mol. The Morgan fingerprint density at radius 2 is 1.88 bits per heavy atom. The summed E-state index contributed by atoms with van der Waals surface area (Å²) in [7, 11) is -2.29. The zero-order valence-corrected chi connectivity index (χ0v) is 20.0. The highest BCUT2D eigenvalue weighted by Crippen LogP contribution is 2.32. The molecule has 0 N–H and O–H groups in total. The summed E-state index contributed by atoms with van der Waals surface area (Å²) in [5.41, 5.74) is 0.390. The molecule has 3 aliphatic rings. The first-order chi connectivity index (χ1) is 15.4. The summed E-state index contributed by atoms with van der Waals surface area (Å²) in [6.45, 7) is 7.07. The maximum absolute atomic E-state index is 13.4. The molecule has 0 radical (unpaired) electrons. The number of hydrogen-bond donors (Lipinski definition) is 0.